The van der Waals surface area contributed by atoms with E-state index >= 15 is 0 Å². The highest BCUT2D eigenvalue weighted by Gasteiger charge is 2.40. The van der Waals surface area contributed by atoms with Crippen LogP contribution in [0.25, 0.3) is 0 Å². The highest BCUT2D eigenvalue weighted by molar-refractivity contribution is 5.84. The fourth-order valence-electron chi connectivity index (χ4n) is 4.94. The lowest BCUT2D eigenvalue weighted by atomic mass is 9.61. The minimum absolute atomic E-state index is 0.203. The topological polar surface area (TPSA) is 71.5 Å². The molecule has 1 amide bonds. The average Bonchev–Trinajstić information content (AvgIpc) is 2.80. The fourth-order valence-corrected chi connectivity index (χ4v) is 4.94. The van der Waals surface area contributed by atoms with Crippen molar-refractivity contribution < 1.29 is 14.6 Å². The maximum absolute atomic E-state index is 12.7. The Bertz CT molecular complexity index is 815. The molecule has 3 saturated carbocycles. The third-order valence-electron chi connectivity index (χ3n) is 7.06. The molecule has 1 heterocycles. The lowest BCUT2D eigenvalue weighted by molar-refractivity contribution is -0.124. The number of ether oxygens (including phenoxy) is 1. The van der Waals surface area contributed by atoms with E-state index in [9.17, 15) is 9.90 Å². The molecule has 0 aliphatic heterocycles. The van der Waals surface area contributed by atoms with Crippen molar-refractivity contribution in [2.45, 2.75) is 57.4 Å². The molecule has 0 unspecified atom stereocenters. The molecule has 0 radical (unpaired) electrons. The lowest BCUT2D eigenvalue weighted by Gasteiger charge is -2.46. The molecular formula is C25H32N2O3. The molecule has 3 fully saturated rings. The number of pyridine rings is 1. The molecule has 2 N–H and O–H groups in total. The van der Waals surface area contributed by atoms with E-state index in [1.807, 2.05) is 49.4 Å². The van der Waals surface area contributed by atoms with Crippen LogP contribution in [0.5, 0.6) is 5.75 Å². The maximum Gasteiger partial charge on any atom is 0.230 e. The van der Waals surface area contributed by atoms with E-state index in [2.05, 4.69) is 10.3 Å². The van der Waals surface area contributed by atoms with Crippen LogP contribution in [0.2, 0.25) is 0 Å². The number of carbonyl (C=O) groups is 1. The van der Waals surface area contributed by atoms with Crippen LogP contribution in [-0.4, -0.2) is 29.2 Å². The molecule has 1 aromatic heterocycles. The van der Waals surface area contributed by atoms with Crippen molar-refractivity contribution in [2.24, 2.45) is 11.3 Å². The van der Waals surface area contributed by atoms with Crippen molar-refractivity contribution in [2.75, 3.05) is 13.2 Å². The Morgan fingerprint density at radius 3 is 2.47 bits per heavy atom. The van der Waals surface area contributed by atoms with Gasteiger partial charge in [0, 0.05) is 5.41 Å². The Balaban J connectivity index is 1.32. The number of aromatic nitrogens is 1. The van der Waals surface area contributed by atoms with E-state index in [1.165, 1.54) is 38.5 Å². The number of hydrogen-bond acceptors (Lipinski definition) is 4. The minimum Gasteiger partial charge on any atom is -0.491 e. The standard InChI is InChI=1S/C25H32N2O3/c1-18(27-24(29)22(16-28)20-5-3-2-4-6-20)23-8-7-21(15-26-23)30-17-25-12-9-19(10-13-25)11-14-25/h2-8,15,18-19,22,28H,9-14,16-17H2,1H3,(H,27,29)/t18-,19?,22-,25?/m0/s1. The second-order valence-corrected chi connectivity index (χ2v) is 9.07. The van der Waals surface area contributed by atoms with Crippen LogP contribution < -0.4 is 10.1 Å². The lowest BCUT2D eigenvalue weighted by Crippen LogP contribution is -2.38. The molecular weight excluding hydrogens is 376 g/mol. The Morgan fingerprint density at radius 1 is 1.17 bits per heavy atom. The van der Waals surface area contributed by atoms with E-state index in [4.69, 9.17) is 4.74 Å². The summed E-state index contributed by atoms with van der Waals surface area (Å²) in [6.07, 6.45) is 9.70. The van der Waals surface area contributed by atoms with Gasteiger partial charge in [0.2, 0.25) is 5.91 Å². The average molecular weight is 409 g/mol. The smallest absolute Gasteiger partial charge is 0.230 e. The number of rotatable bonds is 8. The SMILES string of the molecule is C[C@H](NC(=O)[C@@H](CO)c1ccccc1)c1ccc(OCC23CCC(CC2)CC3)cn1. The molecule has 160 valence electrons. The molecule has 3 aliphatic carbocycles. The first kappa shape index (κ1) is 20.9. The first-order valence-electron chi connectivity index (χ1n) is 11.1. The first-order valence-corrected chi connectivity index (χ1v) is 11.1. The van der Waals surface area contributed by atoms with E-state index in [1.54, 1.807) is 6.20 Å². The van der Waals surface area contributed by atoms with Gasteiger partial charge in [-0.2, -0.15) is 0 Å². The molecule has 5 heteroatoms. The number of aliphatic hydroxyl groups excluding tert-OH is 1. The minimum atomic E-state index is -0.582. The van der Waals surface area contributed by atoms with Crippen molar-refractivity contribution in [3.05, 3.63) is 59.9 Å². The predicted molar refractivity (Wildman–Crippen MR) is 116 cm³/mol. The second-order valence-electron chi connectivity index (χ2n) is 9.07. The number of aliphatic hydroxyl groups is 1. The number of carbonyl (C=O) groups excluding carboxylic acids is 1. The molecule has 1 aromatic carbocycles. The van der Waals surface area contributed by atoms with Crippen molar-refractivity contribution in [1.82, 2.24) is 10.3 Å². The molecule has 5 nitrogen and oxygen atoms in total. The van der Waals surface area contributed by atoms with Gasteiger partial charge in [-0.1, -0.05) is 30.3 Å². The summed E-state index contributed by atoms with van der Waals surface area (Å²) in [5.41, 5.74) is 1.94. The zero-order chi connectivity index (χ0) is 21.0. The summed E-state index contributed by atoms with van der Waals surface area (Å²) >= 11 is 0. The van der Waals surface area contributed by atoms with Gasteiger partial charge in [-0.15, -0.1) is 0 Å². The monoisotopic (exact) mass is 408 g/mol. The van der Waals surface area contributed by atoms with Crippen LogP contribution in [0.15, 0.2) is 48.7 Å². The third kappa shape index (κ3) is 4.67. The highest BCUT2D eigenvalue weighted by Crippen LogP contribution is 2.50. The molecule has 2 aromatic rings. The molecule has 0 saturated heterocycles. The number of amides is 1. The largest absolute Gasteiger partial charge is 0.491 e. The van der Waals surface area contributed by atoms with E-state index in [0.29, 0.717) is 5.41 Å². The number of nitrogens with zero attached hydrogens (tertiary/aromatic N) is 1. The van der Waals surface area contributed by atoms with E-state index in [0.717, 1.165) is 29.5 Å². The van der Waals surface area contributed by atoms with Gasteiger partial charge in [0.1, 0.15) is 5.75 Å². The third-order valence-corrected chi connectivity index (χ3v) is 7.06. The van der Waals surface area contributed by atoms with Gasteiger partial charge >= 0.3 is 0 Å². The van der Waals surface area contributed by atoms with Gasteiger partial charge in [-0.25, -0.2) is 0 Å². The fraction of sp³-hybridized carbons (Fsp3) is 0.520. The molecule has 3 aliphatic rings. The van der Waals surface area contributed by atoms with Gasteiger partial charge in [-0.3, -0.25) is 9.78 Å². The summed E-state index contributed by atoms with van der Waals surface area (Å²) < 4.78 is 6.11. The van der Waals surface area contributed by atoms with Gasteiger partial charge in [-0.05, 0) is 69.1 Å². The number of hydrogen-bond donors (Lipinski definition) is 2. The summed E-state index contributed by atoms with van der Waals surface area (Å²) in [5.74, 6) is 0.958. The van der Waals surface area contributed by atoms with Crippen LogP contribution in [0.4, 0.5) is 0 Å². The maximum atomic E-state index is 12.7. The summed E-state index contributed by atoms with van der Waals surface area (Å²) in [7, 11) is 0. The highest BCUT2D eigenvalue weighted by atomic mass is 16.5. The Hall–Kier alpha value is -2.40. The molecule has 30 heavy (non-hydrogen) atoms. The van der Waals surface area contributed by atoms with Crippen molar-refractivity contribution >= 4 is 5.91 Å². The number of benzene rings is 1. The van der Waals surface area contributed by atoms with Gasteiger partial charge < -0.3 is 15.2 Å². The summed E-state index contributed by atoms with van der Waals surface area (Å²) in [5, 5.41) is 12.7. The summed E-state index contributed by atoms with van der Waals surface area (Å²) in [6.45, 7) is 2.45. The second kappa shape index (κ2) is 9.17. The van der Waals surface area contributed by atoms with Crippen molar-refractivity contribution in [3.63, 3.8) is 0 Å². The van der Waals surface area contributed by atoms with Crippen LogP contribution in [0, 0.1) is 11.3 Å². The van der Waals surface area contributed by atoms with Crippen LogP contribution in [0.1, 0.15) is 68.7 Å². The Morgan fingerprint density at radius 2 is 1.87 bits per heavy atom. The molecule has 2 atom stereocenters. The first-order chi connectivity index (χ1) is 14.6. The molecule has 5 rings (SSSR count). The van der Waals surface area contributed by atoms with Crippen LogP contribution >= 0.6 is 0 Å². The Kier molecular flexibility index (Phi) is 6.38. The van der Waals surface area contributed by atoms with Crippen LogP contribution in [0.3, 0.4) is 0 Å². The number of nitrogens with one attached hydrogen (secondary N) is 1. The molecule has 2 bridgehead atoms. The van der Waals surface area contributed by atoms with Gasteiger partial charge in [0.15, 0.2) is 0 Å². The van der Waals surface area contributed by atoms with Gasteiger partial charge in [0.05, 0.1) is 37.1 Å². The zero-order valence-corrected chi connectivity index (χ0v) is 17.7. The quantitative estimate of drug-likeness (QED) is 0.680. The van der Waals surface area contributed by atoms with Crippen molar-refractivity contribution in [3.8, 4) is 5.75 Å². The summed E-state index contributed by atoms with van der Waals surface area (Å²) in [6, 6.07) is 12.9. The van der Waals surface area contributed by atoms with Gasteiger partial charge in [0.25, 0.3) is 0 Å². The summed E-state index contributed by atoms with van der Waals surface area (Å²) in [4.78, 5) is 17.2. The van der Waals surface area contributed by atoms with Crippen LogP contribution in [-0.2, 0) is 4.79 Å². The zero-order valence-electron chi connectivity index (χ0n) is 17.7. The van der Waals surface area contributed by atoms with E-state index in [-0.39, 0.29) is 18.6 Å². The van der Waals surface area contributed by atoms with E-state index < -0.39 is 5.92 Å². The Labute approximate surface area is 178 Å². The normalized spacial score (nSPS) is 24.8. The number of fused-ring (bicyclic) bond motifs is 3. The van der Waals surface area contributed by atoms with Crippen molar-refractivity contribution in [1.29, 1.82) is 0 Å². The molecule has 0 spiro atoms. The predicted octanol–water partition coefficient (Wildman–Crippen LogP) is 4.38.